The summed E-state index contributed by atoms with van der Waals surface area (Å²) in [4.78, 5) is 28.2. The zero-order chi connectivity index (χ0) is 53.1. The van der Waals surface area contributed by atoms with Crippen LogP contribution in [0.1, 0.15) is 137 Å². The number of aliphatic hydroxyl groups is 5. The fourth-order valence-electron chi connectivity index (χ4n) is 12.0. The summed E-state index contributed by atoms with van der Waals surface area (Å²) in [6.45, 7) is 12.7. The summed E-state index contributed by atoms with van der Waals surface area (Å²) in [7, 11) is 0. The van der Waals surface area contributed by atoms with E-state index >= 15 is 0 Å². The summed E-state index contributed by atoms with van der Waals surface area (Å²) < 4.78 is 74.8. The molecule has 20 heteroatoms. The zero-order valence-electron chi connectivity index (χ0n) is 43.6. The molecule has 22 atom stereocenters. The molecule has 8 aliphatic rings. The van der Waals surface area contributed by atoms with E-state index < -0.39 is 116 Å². The molecule has 75 heavy (non-hydrogen) atoms. The van der Waals surface area contributed by atoms with Crippen molar-refractivity contribution in [3.8, 4) is 11.5 Å². The van der Waals surface area contributed by atoms with Gasteiger partial charge >= 0.3 is 0 Å². The monoisotopic (exact) mass is 1050 g/mol. The van der Waals surface area contributed by atoms with Crippen molar-refractivity contribution < 1.29 is 97.1 Å². The molecule has 414 valence electrons. The maximum Gasteiger partial charge on any atom is 0.202 e. The number of Topliss-reactive ketones (excluding diaryl/α,β-unsaturated/α-hetero) is 2. The molecule has 2 aliphatic carbocycles. The number of carbonyl (C=O) groups excluding carboxylic acids is 2. The number of allylic oxidation sites excluding steroid dienone is 1. The Hall–Kier alpha value is -3.52. The van der Waals surface area contributed by atoms with E-state index in [2.05, 4.69) is 0 Å². The predicted octanol–water partition coefficient (Wildman–Crippen LogP) is 4.18. The molecule has 0 aromatic heterocycles. The van der Waals surface area contributed by atoms with Crippen molar-refractivity contribution in [3.05, 3.63) is 63.7 Å². The normalized spacial score (nSPS) is 42.4. The number of carbonyl (C=O) groups is 2. The number of aliphatic hydroxyl groups excluding tert-OH is 5. The highest BCUT2D eigenvalue weighted by Crippen LogP contribution is 2.46. The van der Waals surface area contributed by atoms with Crippen LogP contribution in [0.25, 0.3) is 5.57 Å². The summed E-state index contributed by atoms with van der Waals surface area (Å²) in [5, 5.41) is 65.7. The molecule has 0 saturated carbocycles. The third kappa shape index (κ3) is 11.5. The molecule has 20 nitrogen and oxygen atoms in total. The number of hydrogen-bond acceptors (Lipinski definition) is 20. The molecule has 0 spiro atoms. The standard InChI is InChI=1S/C55H74O20/c1-23-17-30-19-34(58)49-50(47(30)33(57)18-23)53(62)31-9-8-10-38(48(31)54(49)63)72-44-20-35(59)55(29(7)69-44)75-46-22-40(52(61)28(6)68-46)74-43-16-12-36(25(3)66-43)70-42-15-13-37(26(4)65-42)71-45-21-39(51(60)27(5)67-45)73-41-14-11-32(56)24(2)64-41/h8-10,17-18,24-29,32,34-37,39-46,51-52,55-61H,11-16,19-22H2,1-7H3/t24-,25-,26+,27+,28-,29-,32-,34-,35+,36-,37-,39+,40+,41+,42+,43-,44+,45-,46-,51-,52+,55-/m0/s1. The van der Waals surface area contributed by atoms with Crippen LogP contribution in [0.15, 0.2) is 35.9 Å². The van der Waals surface area contributed by atoms with Gasteiger partial charge in [0.15, 0.2) is 43.0 Å². The van der Waals surface area contributed by atoms with Gasteiger partial charge in [0, 0.05) is 67.2 Å². The topological polar surface area (TPSA) is 266 Å². The molecule has 6 N–H and O–H groups in total. The van der Waals surface area contributed by atoms with E-state index in [9.17, 15) is 40.2 Å². The highest BCUT2D eigenvalue weighted by Gasteiger charge is 2.48. The third-order valence-electron chi connectivity index (χ3n) is 16.2. The van der Waals surface area contributed by atoms with Gasteiger partial charge in [0.05, 0.1) is 84.9 Å². The molecule has 0 unspecified atom stereocenters. The average molecular weight is 1060 g/mol. The number of aryl methyl sites for hydroxylation is 1. The van der Waals surface area contributed by atoms with E-state index in [1.165, 1.54) is 18.2 Å². The minimum Gasteiger partial charge on any atom is -0.507 e. The molecule has 2 aromatic carbocycles. The first-order valence-corrected chi connectivity index (χ1v) is 26.9. The Bertz CT molecular complexity index is 2400. The smallest absolute Gasteiger partial charge is 0.202 e. The molecule has 0 amide bonds. The quantitative estimate of drug-likeness (QED) is 0.174. The van der Waals surface area contributed by atoms with Gasteiger partial charge < -0.3 is 87.5 Å². The van der Waals surface area contributed by atoms with Gasteiger partial charge in [-0.15, -0.1) is 0 Å². The van der Waals surface area contributed by atoms with Gasteiger partial charge in [-0.3, -0.25) is 9.59 Å². The summed E-state index contributed by atoms with van der Waals surface area (Å²) >= 11 is 0. The average Bonchev–Trinajstić information content (AvgIpc) is 3.38. The van der Waals surface area contributed by atoms with Crippen LogP contribution in [0.2, 0.25) is 0 Å². The maximum atomic E-state index is 14.2. The highest BCUT2D eigenvalue weighted by atomic mass is 16.8. The van der Waals surface area contributed by atoms with Crippen LogP contribution in [0, 0.1) is 6.92 Å². The SMILES string of the molecule is Cc1cc(O)c2c(c1)C[C@H](O)C1=C2C(=O)c2cccc(O[C@@H]3C[C@@H](O)[C@@H](O[C@H]4C[C@@H](O[C@H]5CC[C@H](O[C@@H]6CC[C@H](O[C@H]7C[C@@H](O[C@@H]8CC[C@H](O)[C@H](C)O8)[C@@H](O)[C@@H](C)O7)[C@@H](C)O6)[C@H](C)O5)[C@H](O)[C@H](C)O4)[C@H](C)O3)c2C1=O. The van der Waals surface area contributed by atoms with Gasteiger partial charge in [-0.2, -0.15) is 0 Å². The Labute approximate surface area is 436 Å². The minimum atomic E-state index is -1.28. The summed E-state index contributed by atoms with van der Waals surface area (Å²) in [6, 6.07) is 7.92. The Morgan fingerprint density at radius 1 is 0.520 bits per heavy atom. The molecule has 6 fully saturated rings. The number of rotatable bonds is 12. The van der Waals surface area contributed by atoms with Gasteiger partial charge in [-0.25, -0.2) is 0 Å². The lowest BCUT2D eigenvalue weighted by Crippen LogP contribution is -2.55. The second kappa shape index (κ2) is 22.7. The lowest BCUT2D eigenvalue weighted by atomic mass is 9.73. The van der Waals surface area contributed by atoms with Crippen LogP contribution >= 0.6 is 0 Å². The molecule has 6 heterocycles. The first kappa shape index (κ1) is 54.8. The number of ketones is 2. The van der Waals surface area contributed by atoms with E-state index in [0.29, 0.717) is 50.5 Å². The van der Waals surface area contributed by atoms with Crippen LogP contribution in [-0.4, -0.2) is 178 Å². The van der Waals surface area contributed by atoms with E-state index in [1.54, 1.807) is 46.8 Å². The summed E-state index contributed by atoms with van der Waals surface area (Å²) in [6.07, 6.45) is -11.0. The summed E-state index contributed by atoms with van der Waals surface area (Å²) in [5.41, 5.74) is 1.48. The van der Waals surface area contributed by atoms with Crippen molar-refractivity contribution in [2.24, 2.45) is 0 Å². The van der Waals surface area contributed by atoms with Crippen LogP contribution in [0.4, 0.5) is 0 Å². The van der Waals surface area contributed by atoms with Crippen molar-refractivity contribution in [2.75, 3.05) is 0 Å². The fraction of sp³-hybridized carbons (Fsp3) is 0.709. The number of aromatic hydroxyl groups is 1. The number of ether oxygens (including phenoxy) is 12. The molecule has 6 aliphatic heterocycles. The Morgan fingerprint density at radius 3 is 1.64 bits per heavy atom. The maximum absolute atomic E-state index is 14.2. The van der Waals surface area contributed by atoms with Crippen LogP contribution in [0.5, 0.6) is 11.5 Å². The van der Waals surface area contributed by atoms with Gasteiger partial charge in [-0.1, -0.05) is 18.2 Å². The lowest BCUT2D eigenvalue weighted by Gasteiger charge is -2.45. The molecule has 6 saturated heterocycles. The van der Waals surface area contributed by atoms with Gasteiger partial charge in [-0.05, 0) is 91.0 Å². The second-order valence-electron chi connectivity index (χ2n) is 21.8. The van der Waals surface area contributed by atoms with E-state index in [0.717, 1.165) is 5.56 Å². The molecule has 0 bridgehead atoms. The van der Waals surface area contributed by atoms with Crippen molar-refractivity contribution in [3.63, 3.8) is 0 Å². The second-order valence-corrected chi connectivity index (χ2v) is 21.8. The van der Waals surface area contributed by atoms with Crippen LogP contribution in [-0.2, 0) is 58.5 Å². The molecular formula is C55H74O20. The Balaban J connectivity index is 0.686. The van der Waals surface area contributed by atoms with Gasteiger partial charge in [0.2, 0.25) is 6.29 Å². The fourth-order valence-corrected chi connectivity index (χ4v) is 12.0. The summed E-state index contributed by atoms with van der Waals surface area (Å²) in [5.74, 6) is -1.21. The Morgan fingerprint density at radius 2 is 1.05 bits per heavy atom. The van der Waals surface area contributed by atoms with Crippen molar-refractivity contribution in [1.29, 1.82) is 0 Å². The van der Waals surface area contributed by atoms with Crippen molar-refractivity contribution in [1.82, 2.24) is 0 Å². The predicted molar refractivity (Wildman–Crippen MR) is 261 cm³/mol. The lowest BCUT2D eigenvalue weighted by molar-refractivity contribution is -0.333. The van der Waals surface area contributed by atoms with Crippen LogP contribution in [0.3, 0.4) is 0 Å². The Kier molecular flexibility index (Phi) is 16.6. The highest BCUT2D eigenvalue weighted by molar-refractivity contribution is 6.42. The number of benzene rings is 2. The molecule has 0 radical (unpaired) electrons. The molecule has 10 rings (SSSR count). The molecular weight excluding hydrogens is 981 g/mol. The number of hydrogen-bond donors (Lipinski definition) is 6. The minimum absolute atomic E-state index is 0.0222. The number of phenolic OH excluding ortho intramolecular Hbond substituents is 1. The van der Waals surface area contributed by atoms with Gasteiger partial charge in [0.25, 0.3) is 0 Å². The molecule has 2 aromatic rings. The van der Waals surface area contributed by atoms with E-state index in [-0.39, 0.29) is 89.1 Å². The van der Waals surface area contributed by atoms with E-state index in [1.807, 2.05) is 13.8 Å². The largest absolute Gasteiger partial charge is 0.507 e. The first-order chi connectivity index (χ1) is 35.8. The van der Waals surface area contributed by atoms with Crippen LogP contribution < -0.4 is 4.74 Å². The van der Waals surface area contributed by atoms with Crippen molar-refractivity contribution in [2.45, 2.75) is 248 Å². The van der Waals surface area contributed by atoms with Gasteiger partial charge in [0.1, 0.15) is 29.8 Å². The van der Waals surface area contributed by atoms with Crippen molar-refractivity contribution >= 4 is 17.1 Å². The van der Waals surface area contributed by atoms with E-state index in [4.69, 9.17) is 56.8 Å². The first-order valence-electron chi connectivity index (χ1n) is 26.9. The third-order valence-corrected chi connectivity index (χ3v) is 16.2. The number of phenols is 1. The zero-order valence-corrected chi connectivity index (χ0v) is 43.6. The number of fused-ring (bicyclic) bond motifs is 3.